The Morgan fingerprint density at radius 2 is 2.44 bits per heavy atom. The van der Waals surface area contributed by atoms with Crippen molar-refractivity contribution >= 4 is 6.21 Å². The van der Waals surface area contributed by atoms with Gasteiger partial charge in [-0.3, -0.25) is 5.01 Å². The van der Waals surface area contributed by atoms with Gasteiger partial charge in [-0.2, -0.15) is 5.10 Å². The smallest absolute Gasteiger partial charge is 0.0517 e. The first-order valence-electron chi connectivity index (χ1n) is 3.67. The summed E-state index contributed by atoms with van der Waals surface area (Å²) in [5, 5.41) is 6.37. The van der Waals surface area contributed by atoms with E-state index in [1.165, 1.54) is 6.42 Å². The normalized spacial score (nSPS) is 25.6. The Hall–Kier alpha value is -0.530. The predicted octanol–water partition coefficient (Wildman–Crippen LogP) is 1.48. The van der Waals surface area contributed by atoms with Crippen molar-refractivity contribution in [3.63, 3.8) is 0 Å². The van der Waals surface area contributed by atoms with Gasteiger partial charge in [0.15, 0.2) is 0 Å². The molecular formula is C7H14N2. The van der Waals surface area contributed by atoms with Crippen LogP contribution in [0.15, 0.2) is 5.10 Å². The van der Waals surface area contributed by atoms with Gasteiger partial charge in [-0.25, -0.2) is 0 Å². The Labute approximate surface area is 56.5 Å². The lowest BCUT2D eigenvalue weighted by Crippen LogP contribution is -2.25. The molecule has 0 fully saturated rings. The van der Waals surface area contributed by atoms with Gasteiger partial charge in [0.25, 0.3) is 0 Å². The van der Waals surface area contributed by atoms with Crippen molar-refractivity contribution in [1.82, 2.24) is 5.01 Å². The van der Waals surface area contributed by atoms with Gasteiger partial charge in [0.1, 0.15) is 0 Å². The maximum Gasteiger partial charge on any atom is 0.0517 e. The van der Waals surface area contributed by atoms with Crippen LogP contribution in [0.4, 0.5) is 0 Å². The van der Waals surface area contributed by atoms with Crippen molar-refractivity contribution in [1.29, 1.82) is 0 Å². The van der Waals surface area contributed by atoms with Crippen molar-refractivity contribution in [2.24, 2.45) is 5.10 Å². The van der Waals surface area contributed by atoms with Crippen LogP contribution in [0.1, 0.15) is 26.7 Å². The largest absolute Gasteiger partial charge is 0.294 e. The van der Waals surface area contributed by atoms with Gasteiger partial charge in [0.2, 0.25) is 0 Å². The van der Waals surface area contributed by atoms with Crippen LogP contribution in [0, 0.1) is 0 Å². The number of hydrogen-bond acceptors (Lipinski definition) is 2. The van der Waals surface area contributed by atoms with Crippen LogP contribution < -0.4 is 0 Å². The fourth-order valence-electron chi connectivity index (χ4n) is 1.21. The number of hydrogen-bond donors (Lipinski definition) is 0. The van der Waals surface area contributed by atoms with Gasteiger partial charge < -0.3 is 0 Å². The summed E-state index contributed by atoms with van der Waals surface area (Å²) in [6.45, 7) is 5.41. The van der Waals surface area contributed by atoms with Crippen LogP contribution in [-0.2, 0) is 0 Å². The fraction of sp³-hybridized carbons (Fsp3) is 0.857. The second kappa shape index (κ2) is 2.85. The highest BCUT2D eigenvalue weighted by atomic mass is 15.5. The maximum atomic E-state index is 4.21. The number of hydrazone groups is 1. The molecule has 1 heterocycles. The molecule has 0 N–H and O–H groups in total. The topological polar surface area (TPSA) is 15.6 Å². The molecule has 1 aliphatic heterocycles. The van der Waals surface area contributed by atoms with Crippen LogP contribution >= 0.6 is 0 Å². The average Bonchev–Trinajstić information content (AvgIpc) is 2.33. The minimum atomic E-state index is 0.690. The molecule has 0 aromatic heterocycles. The Kier molecular flexibility index (Phi) is 2.09. The van der Waals surface area contributed by atoms with E-state index in [2.05, 4.69) is 24.0 Å². The van der Waals surface area contributed by atoms with Gasteiger partial charge in [-0.15, -0.1) is 0 Å². The lowest BCUT2D eigenvalue weighted by molar-refractivity contribution is 0.237. The summed E-state index contributed by atoms with van der Waals surface area (Å²) in [6, 6.07) is 0.690. The van der Waals surface area contributed by atoms with Gasteiger partial charge in [0.05, 0.1) is 6.04 Å². The van der Waals surface area contributed by atoms with Crippen molar-refractivity contribution < 1.29 is 0 Å². The van der Waals surface area contributed by atoms with E-state index in [0.717, 1.165) is 13.0 Å². The summed E-state index contributed by atoms with van der Waals surface area (Å²) in [7, 11) is 0. The monoisotopic (exact) mass is 126 g/mol. The Balaban J connectivity index is 2.39. The second-order valence-corrected chi connectivity index (χ2v) is 2.35. The maximum absolute atomic E-state index is 4.21. The van der Waals surface area contributed by atoms with E-state index in [9.17, 15) is 0 Å². The van der Waals surface area contributed by atoms with E-state index in [1.54, 1.807) is 0 Å². The first-order valence-corrected chi connectivity index (χ1v) is 3.67. The van der Waals surface area contributed by atoms with Crippen molar-refractivity contribution in [3.8, 4) is 0 Å². The zero-order valence-electron chi connectivity index (χ0n) is 6.17. The quantitative estimate of drug-likeness (QED) is 0.547. The molecule has 9 heavy (non-hydrogen) atoms. The molecule has 1 unspecified atom stereocenters. The molecule has 1 rings (SSSR count). The molecule has 0 saturated carbocycles. The lowest BCUT2D eigenvalue weighted by Gasteiger charge is -2.19. The standard InChI is InChI=1S/C7H14N2/c1-3-7-5-6-8-9(7)4-2/h6-7H,3-5H2,1-2H3. The molecular weight excluding hydrogens is 112 g/mol. The molecule has 0 radical (unpaired) electrons. The molecule has 2 nitrogen and oxygen atoms in total. The van der Waals surface area contributed by atoms with E-state index in [1.807, 2.05) is 6.21 Å². The van der Waals surface area contributed by atoms with E-state index in [4.69, 9.17) is 0 Å². The summed E-state index contributed by atoms with van der Waals surface area (Å²) in [5.74, 6) is 0. The molecule has 1 atom stereocenters. The molecule has 1 aliphatic rings. The van der Waals surface area contributed by atoms with Crippen LogP contribution in [0.25, 0.3) is 0 Å². The van der Waals surface area contributed by atoms with Crippen LogP contribution in [0.3, 0.4) is 0 Å². The minimum absolute atomic E-state index is 0.690. The molecule has 0 saturated heterocycles. The third-order valence-electron chi connectivity index (χ3n) is 1.82. The average molecular weight is 126 g/mol. The summed E-state index contributed by atoms with van der Waals surface area (Å²) >= 11 is 0. The van der Waals surface area contributed by atoms with E-state index < -0.39 is 0 Å². The molecule has 0 amide bonds. The third-order valence-corrected chi connectivity index (χ3v) is 1.82. The number of nitrogens with zero attached hydrogens (tertiary/aromatic N) is 2. The third kappa shape index (κ3) is 1.23. The summed E-state index contributed by atoms with van der Waals surface area (Å²) in [5.41, 5.74) is 0. The summed E-state index contributed by atoms with van der Waals surface area (Å²) in [6.07, 6.45) is 4.37. The Morgan fingerprint density at radius 1 is 1.67 bits per heavy atom. The van der Waals surface area contributed by atoms with Crippen molar-refractivity contribution in [2.45, 2.75) is 32.7 Å². The number of rotatable bonds is 2. The molecule has 0 aromatic rings. The molecule has 2 heteroatoms. The van der Waals surface area contributed by atoms with Crippen LogP contribution in [0.5, 0.6) is 0 Å². The van der Waals surface area contributed by atoms with E-state index >= 15 is 0 Å². The zero-order valence-corrected chi connectivity index (χ0v) is 6.17. The first-order chi connectivity index (χ1) is 4.38. The van der Waals surface area contributed by atoms with Gasteiger partial charge in [-0.05, 0) is 13.3 Å². The highest BCUT2D eigenvalue weighted by Crippen LogP contribution is 2.12. The SMILES string of the molecule is CCC1CC=NN1CC. The van der Waals surface area contributed by atoms with Crippen LogP contribution in [-0.4, -0.2) is 23.8 Å². The molecule has 0 spiro atoms. The van der Waals surface area contributed by atoms with E-state index in [-0.39, 0.29) is 0 Å². The first kappa shape index (κ1) is 6.59. The lowest BCUT2D eigenvalue weighted by atomic mass is 10.2. The second-order valence-electron chi connectivity index (χ2n) is 2.35. The summed E-state index contributed by atoms with van der Waals surface area (Å²) in [4.78, 5) is 0. The van der Waals surface area contributed by atoms with E-state index in [0.29, 0.717) is 6.04 Å². The van der Waals surface area contributed by atoms with Gasteiger partial charge in [-0.1, -0.05) is 6.92 Å². The summed E-state index contributed by atoms with van der Waals surface area (Å²) < 4.78 is 0. The zero-order chi connectivity index (χ0) is 6.69. The molecule has 52 valence electrons. The molecule has 0 aliphatic carbocycles. The van der Waals surface area contributed by atoms with Gasteiger partial charge in [0, 0.05) is 19.2 Å². The van der Waals surface area contributed by atoms with Crippen LogP contribution in [0.2, 0.25) is 0 Å². The predicted molar refractivity (Wildman–Crippen MR) is 39.6 cm³/mol. The molecule has 0 aromatic carbocycles. The minimum Gasteiger partial charge on any atom is -0.294 e. The molecule has 0 bridgehead atoms. The van der Waals surface area contributed by atoms with Crippen molar-refractivity contribution in [2.75, 3.05) is 6.54 Å². The highest BCUT2D eigenvalue weighted by Gasteiger charge is 2.15. The Morgan fingerprint density at radius 3 is 2.89 bits per heavy atom. The fourth-order valence-corrected chi connectivity index (χ4v) is 1.21. The Bertz CT molecular complexity index is 109. The van der Waals surface area contributed by atoms with Crippen molar-refractivity contribution in [3.05, 3.63) is 0 Å². The highest BCUT2D eigenvalue weighted by molar-refractivity contribution is 5.59. The van der Waals surface area contributed by atoms with Gasteiger partial charge >= 0.3 is 0 Å².